The van der Waals surface area contributed by atoms with E-state index in [9.17, 15) is 9.59 Å². The number of ether oxygens (including phenoxy) is 1. The molecule has 1 heterocycles. The molecule has 1 unspecified atom stereocenters. The van der Waals surface area contributed by atoms with Crippen molar-refractivity contribution >= 4 is 29.1 Å². The van der Waals surface area contributed by atoms with Gasteiger partial charge in [0.1, 0.15) is 12.6 Å². The molecule has 2 rings (SSSR count). The number of nitrogens with one attached hydrogen (secondary N) is 2. The lowest BCUT2D eigenvalue weighted by molar-refractivity contribution is -0.136. The summed E-state index contributed by atoms with van der Waals surface area (Å²) in [6.07, 6.45) is 0. The van der Waals surface area contributed by atoms with Crippen molar-refractivity contribution in [1.82, 2.24) is 5.32 Å². The van der Waals surface area contributed by atoms with E-state index in [1.54, 1.807) is 24.3 Å². The molecule has 1 atom stereocenters. The number of amides is 2. The lowest BCUT2D eigenvalue weighted by Gasteiger charge is -2.22. The molecule has 0 saturated carbocycles. The molecule has 6 heteroatoms. The minimum atomic E-state index is -0.674. The fourth-order valence-electron chi connectivity index (χ4n) is 1.47. The van der Waals surface area contributed by atoms with Crippen LogP contribution in [0.15, 0.2) is 24.3 Å². The summed E-state index contributed by atoms with van der Waals surface area (Å²) in [4.78, 5) is 22.9. The maximum atomic E-state index is 11.8. The molecule has 0 radical (unpaired) electrons. The van der Waals surface area contributed by atoms with E-state index in [0.717, 1.165) is 0 Å². The van der Waals surface area contributed by atoms with E-state index < -0.39 is 6.04 Å². The first-order valence-electron chi connectivity index (χ1n) is 5.09. The van der Waals surface area contributed by atoms with Gasteiger partial charge in [-0.15, -0.1) is 0 Å². The standard InChI is InChI=1S/C11H11ClN2O3/c12-7-3-1-2-4-8(7)14-11(16)9-5-17-6-10(15)13-9/h1-4,9H,5-6H2,(H,13,15)(H,14,16). The van der Waals surface area contributed by atoms with Crippen LogP contribution in [-0.2, 0) is 14.3 Å². The smallest absolute Gasteiger partial charge is 0.249 e. The van der Waals surface area contributed by atoms with Crippen molar-refractivity contribution < 1.29 is 14.3 Å². The summed E-state index contributed by atoms with van der Waals surface area (Å²) in [6, 6.07) is 6.22. The predicted octanol–water partition coefficient (Wildman–Crippen LogP) is 0.793. The fourth-order valence-corrected chi connectivity index (χ4v) is 1.65. The van der Waals surface area contributed by atoms with Gasteiger partial charge in [0.05, 0.1) is 17.3 Å². The minimum absolute atomic E-state index is 0.00409. The molecule has 1 aliphatic heterocycles. The van der Waals surface area contributed by atoms with Crippen molar-refractivity contribution in [2.75, 3.05) is 18.5 Å². The van der Waals surface area contributed by atoms with E-state index in [0.29, 0.717) is 10.7 Å². The Morgan fingerprint density at radius 1 is 1.47 bits per heavy atom. The van der Waals surface area contributed by atoms with Gasteiger partial charge in [-0.3, -0.25) is 9.59 Å². The monoisotopic (exact) mass is 254 g/mol. The third kappa shape index (κ3) is 2.95. The van der Waals surface area contributed by atoms with Crippen LogP contribution in [-0.4, -0.2) is 31.1 Å². The Hall–Kier alpha value is -1.59. The normalized spacial score (nSPS) is 19.6. The minimum Gasteiger partial charge on any atom is -0.369 e. The number of benzene rings is 1. The zero-order chi connectivity index (χ0) is 12.3. The van der Waals surface area contributed by atoms with Crippen LogP contribution in [0.3, 0.4) is 0 Å². The maximum absolute atomic E-state index is 11.8. The van der Waals surface area contributed by atoms with Crippen molar-refractivity contribution in [2.45, 2.75) is 6.04 Å². The number of rotatable bonds is 2. The maximum Gasteiger partial charge on any atom is 0.249 e. The van der Waals surface area contributed by atoms with Gasteiger partial charge in [-0.25, -0.2) is 0 Å². The summed E-state index contributed by atoms with van der Waals surface area (Å²) in [5.74, 6) is -0.637. The average Bonchev–Trinajstić information content (AvgIpc) is 2.32. The Kier molecular flexibility index (Phi) is 3.61. The molecule has 2 N–H and O–H groups in total. The molecule has 0 aliphatic carbocycles. The van der Waals surface area contributed by atoms with Crippen LogP contribution in [0, 0.1) is 0 Å². The van der Waals surface area contributed by atoms with Crippen molar-refractivity contribution in [1.29, 1.82) is 0 Å². The summed E-state index contributed by atoms with van der Waals surface area (Å²) in [5.41, 5.74) is 0.513. The van der Waals surface area contributed by atoms with E-state index >= 15 is 0 Å². The topological polar surface area (TPSA) is 67.4 Å². The number of hydrogen-bond acceptors (Lipinski definition) is 3. The van der Waals surface area contributed by atoms with E-state index in [1.807, 2.05) is 0 Å². The molecule has 1 aromatic carbocycles. The zero-order valence-electron chi connectivity index (χ0n) is 8.90. The van der Waals surface area contributed by atoms with Gasteiger partial charge in [-0.1, -0.05) is 23.7 Å². The van der Waals surface area contributed by atoms with Gasteiger partial charge in [0, 0.05) is 0 Å². The number of carbonyl (C=O) groups excluding carboxylic acids is 2. The molecule has 1 aromatic rings. The van der Waals surface area contributed by atoms with Crippen LogP contribution >= 0.6 is 11.6 Å². The lowest BCUT2D eigenvalue weighted by atomic mass is 10.2. The highest BCUT2D eigenvalue weighted by molar-refractivity contribution is 6.33. The summed E-state index contributed by atoms with van der Waals surface area (Å²) in [6.45, 7) is 0.165. The second-order valence-electron chi connectivity index (χ2n) is 3.60. The van der Waals surface area contributed by atoms with Crippen LogP contribution < -0.4 is 10.6 Å². The highest BCUT2D eigenvalue weighted by Gasteiger charge is 2.25. The van der Waals surface area contributed by atoms with Gasteiger partial charge in [0.25, 0.3) is 0 Å². The average molecular weight is 255 g/mol. The molecule has 1 fully saturated rings. The Labute approximate surface area is 103 Å². The van der Waals surface area contributed by atoms with Gasteiger partial charge in [0.15, 0.2) is 0 Å². The molecular formula is C11H11ClN2O3. The first kappa shape index (κ1) is 11.9. The summed E-state index contributed by atoms with van der Waals surface area (Å²) in [7, 11) is 0. The molecule has 0 spiro atoms. The third-order valence-electron chi connectivity index (χ3n) is 2.30. The molecule has 90 valence electrons. The Bertz CT molecular complexity index is 450. The van der Waals surface area contributed by atoms with E-state index in [-0.39, 0.29) is 25.0 Å². The lowest BCUT2D eigenvalue weighted by Crippen LogP contribution is -2.51. The molecule has 0 bridgehead atoms. The van der Waals surface area contributed by atoms with E-state index in [1.165, 1.54) is 0 Å². The van der Waals surface area contributed by atoms with Crippen molar-refractivity contribution in [3.05, 3.63) is 29.3 Å². The molecule has 5 nitrogen and oxygen atoms in total. The number of halogens is 1. The Balaban J connectivity index is 2.02. The summed E-state index contributed by atoms with van der Waals surface area (Å²) >= 11 is 5.90. The first-order chi connectivity index (χ1) is 8.16. The second kappa shape index (κ2) is 5.16. The predicted molar refractivity (Wildman–Crippen MR) is 62.8 cm³/mol. The Morgan fingerprint density at radius 3 is 2.94 bits per heavy atom. The van der Waals surface area contributed by atoms with Crippen LogP contribution in [0.5, 0.6) is 0 Å². The number of hydrogen-bond donors (Lipinski definition) is 2. The highest BCUT2D eigenvalue weighted by Crippen LogP contribution is 2.20. The molecule has 1 saturated heterocycles. The molecule has 1 aliphatic rings. The van der Waals surface area contributed by atoms with Crippen molar-refractivity contribution in [3.8, 4) is 0 Å². The molecule has 0 aromatic heterocycles. The first-order valence-corrected chi connectivity index (χ1v) is 5.47. The van der Waals surface area contributed by atoms with Crippen molar-refractivity contribution in [2.24, 2.45) is 0 Å². The number of morpholine rings is 1. The zero-order valence-corrected chi connectivity index (χ0v) is 9.66. The van der Waals surface area contributed by atoms with Crippen LogP contribution in [0.4, 0.5) is 5.69 Å². The number of para-hydroxylation sites is 1. The van der Waals surface area contributed by atoms with E-state index in [4.69, 9.17) is 16.3 Å². The van der Waals surface area contributed by atoms with Gasteiger partial charge in [-0.2, -0.15) is 0 Å². The SMILES string of the molecule is O=C1COCC(C(=O)Nc2ccccc2Cl)N1. The van der Waals surface area contributed by atoms with Crippen molar-refractivity contribution in [3.63, 3.8) is 0 Å². The summed E-state index contributed by atoms with van der Waals surface area (Å²) < 4.78 is 4.98. The van der Waals surface area contributed by atoms with Crippen LogP contribution in [0.1, 0.15) is 0 Å². The largest absolute Gasteiger partial charge is 0.369 e. The molecule has 17 heavy (non-hydrogen) atoms. The molecular weight excluding hydrogens is 244 g/mol. The fraction of sp³-hybridized carbons (Fsp3) is 0.273. The molecule has 2 amide bonds. The quantitative estimate of drug-likeness (QED) is 0.820. The highest BCUT2D eigenvalue weighted by atomic mass is 35.5. The van der Waals surface area contributed by atoms with Crippen LogP contribution in [0.2, 0.25) is 5.02 Å². The number of anilines is 1. The number of carbonyl (C=O) groups is 2. The Morgan fingerprint density at radius 2 is 2.24 bits per heavy atom. The van der Waals surface area contributed by atoms with Gasteiger partial charge >= 0.3 is 0 Å². The van der Waals surface area contributed by atoms with Gasteiger partial charge in [0.2, 0.25) is 11.8 Å². The summed E-state index contributed by atoms with van der Waals surface area (Å²) in [5, 5.41) is 5.62. The van der Waals surface area contributed by atoms with E-state index in [2.05, 4.69) is 10.6 Å². The third-order valence-corrected chi connectivity index (χ3v) is 2.63. The van der Waals surface area contributed by atoms with Crippen LogP contribution in [0.25, 0.3) is 0 Å². The van der Waals surface area contributed by atoms with Gasteiger partial charge in [-0.05, 0) is 12.1 Å². The van der Waals surface area contributed by atoms with Gasteiger partial charge < -0.3 is 15.4 Å². The second-order valence-corrected chi connectivity index (χ2v) is 4.01.